The summed E-state index contributed by atoms with van der Waals surface area (Å²) in [6.45, 7) is 3.11. The smallest absolute Gasteiger partial charge is 0.134 e. The molecule has 0 spiro atoms. The molecule has 34 heavy (non-hydrogen) atoms. The van der Waals surface area contributed by atoms with Gasteiger partial charge in [-0.15, -0.1) is 0 Å². The molecule has 0 saturated heterocycles. The van der Waals surface area contributed by atoms with E-state index in [4.69, 9.17) is 21.1 Å². The average molecular weight is 461 g/mol. The molecule has 0 fully saturated rings. The number of aliphatic imine (C=N–C) groups is 2. The Bertz CT molecular complexity index is 1070. The van der Waals surface area contributed by atoms with Gasteiger partial charge in [0.1, 0.15) is 36.4 Å². The van der Waals surface area contributed by atoms with E-state index < -0.39 is 0 Å². The fourth-order valence-electron chi connectivity index (χ4n) is 3.16. The fourth-order valence-corrected chi connectivity index (χ4v) is 3.16. The number of methoxy groups -OCH3 is 1. The molecule has 3 aromatic carbocycles. The Morgan fingerprint density at radius 1 is 1.00 bits per heavy atom. The fraction of sp³-hybridized carbons (Fsp3) is 0.231. The molecule has 8 nitrogen and oxygen atoms in total. The molecule has 0 radical (unpaired) electrons. The van der Waals surface area contributed by atoms with Gasteiger partial charge in [0.25, 0.3) is 0 Å². The summed E-state index contributed by atoms with van der Waals surface area (Å²) in [5, 5.41) is 4.83. The minimum Gasteiger partial charge on any atom is -0.497 e. The Kier molecular flexibility index (Phi) is 9.45. The molecule has 0 aliphatic rings. The van der Waals surface area contributed by atoms with Crippen LogP contribution in [0.2, 0.25) is 0 Å². The van der Waals surface area contributed by atoms with Gasteiger partial charge in [-0.05, 0) is 42.3 Å². The second-order valence-electron chi connectivity index (χ2n) is 7.61. The van der Waals surface area contributed by atoms with Crippen LogP contribution in [-0.4, -0.2) is 37.0 Å². The molecular weight excluding hydrogens is 428 g/mol. The SMILES string of the molecule is COc1ccc(CN(N)C(CN)=NC=NC(C)Nc2cccc(OCc3ccccc3)c2)cc1. The predicted molar refractivity (Wildman–Crippen MR) is 138 cm³/mol. The maximum atomic E-state index is 6.16. The number of amidine groups is 1. The highest BCUT2D eigenvalue weighted by Gasteiger charge is 2.07. The maximum Gasteiger partial charge on any atom is 0.134 e. The lowest BCUT2D eigenvalue weighted by molar-refractivity contribution is 0.306. The van der Waals surface area contributed by atoms with Gasteiger partial charge in [0.15, 0.2) is 0 Å². The summed E-state index contributed by atoms with van der Waals surface area (Å²) < 4.78 is 11.1. The van der Waals surface area contributed by atoms with Crippen LogP contribution < -0.4 is 26.4 Å². The number of nitrogens with two attached hydrogens (primary N) is 2. The Hall–Kier alpha value is -3.88. The monoisotopic (exact) mass is 460 g/mol. The van der Waals surface area contributed by atoms with Crippen molar-refractivity contribution in [2.24, 2.45) is 21.6 Å². The van der Waals surface area contributed by atoms with Crippen LogP contribution in [0.5, 0.6) is 11.5 Å². The highest BCUT2D eigenvalue weighted by atomic mass is 16.5. The molecule has 0 saturated carbocycles. The minimum absolute atomic E-state index is 0.196. The van der Waals surface area contributed by atoms with Crippen molar-refractivity contribution >= 4 is 17.9 Å². The Morgan fingerprint density at radius 3 is 2.47 bits per heavy atom. The summed E-state index contributed by atoms with van der Waals surface area (Å²) in [5.41, 5.74) is 8.88. The third-order valence-corrected chi connectivity index (χ3v) is 4.98. The van der Waals surface area contributed by atoms with Gasteiger partial charge in [-0.1, -0.05) is 48.5 Å². The zero-order chi connectivity index (χ0) is 24.2. The number of benzene rings is 3. The molecule has 0 aliphatic heterocycles. The van der Waals surface area contributed by atoms with Crippen LogP contribution in [-0.2, 0) is 13.2 Å². The molecule has 3 rings (SSSR count). The van der Waals surface area contributed by atoms with Gasteiger partial charge in [0.05, 0.1) is 20.2 Å². The van der Waals surface area contributed by atoms with E-state index in [-0.39, 0.29) is 12.7 Å². The number of rotatable bonds is 11. The van der Waals surface area contributed by atoms with Crippen LogP contribution in [0.25, 0.3) is 0 Å². The van der Waals surface area contributed by atoms with Gasteiger partial charge in [-0.25, -0.2) is 15.8 Å². The average Bonchev–Trinajstić information content (AvgIpc) is 2.86. The van der Waals surface area contributed by atoms with E-state index in [1.54, 1.807) is 7.11 Å². The number of nitrogens with zero attached hydrogens (tertiary/aromatic N) is 3. The Balaban J connectivity index is 1.52. The van der Waals surface area contributed by atoms with Crippen molar-refractivity contribution in [3.05, 3.63) is 90.0 Å². The molecule has 5 N–H and O–H groups in total. The zero-order valence-electron chi connectivity index (χ0n) is 19.6. The number of hydrogen-bond acceptors (Lipinski definition) is 6. The van der Waals surface area contributed by atoms with Gasteiger partial charge in [-0.2, -0.15) is 0 Å². The third kappa shape index (κ3) is 7.91. The van der Waals surface area contributed by atoms with Crippen molar-refractivity contribution in [2.75, 3.05) is 19.0 Å². The third-order valence-electron chi connectivity index (χ3n) is 4.98. The number of hydrazine groups is 1. The minimum atomic E-state index is -0.208. The van der Waals surface area contributed by atoms with Crippen molar-refractivity contribution in [3.8, 4) is 11.5 Å². The highest BCUT2D eigenvalue weighted by molar-refractivity contribution is 5.89. The summed E-state index contributed by atoms with van der Waals surface area (Å²) in [6, 6.07) is 25.5. The van der Waals surface area contributed by atoms with Crippen molar-refractivity contribution in [3.63, 3.8) is 0 Å². The predicted octanol–water partition coefficient (Wildman–Crippen LogP) is 3.79. The van der Waals surface area contributed by atoms with E-state index in [0.717, 1.165) is 28.3 Å². The molecule has 0 aromatic heterocycles. The zero-order valence-corrected chi connectivity index (χ0v) is 19.6. The van der Waals surface area contributed by atoms with Crippen molar-refractivity contribution < 1.29 is 9.47 Å². The topological polar surface area (TPSA) is 110 Å². The van der Waals surface area contributed by atoms with E-state index in [2.05, 4.69) is 15.3 Å². The van der Waals surface area contributed by atoms with Gasteiger partial charge in [-0.3, -0.25) is 5.01 Å². The summed E-state index contributed by atoms with van der Waals surface area (Å²) >= 11 is 0. The number of ether oxygens (including phenoxy) is 2. The standard InChI is InChI=1S/C26H32N6O2/c1-20(31-23-9-6-10-25(15-23)34-18-22-7-4-3-5-8-22)29-19-30-26(16-27)32(28)17-21-11-13-24(33-2)14-12-21/h3-15,19-20,31H,16-18,27-28H2,1-2H3. The quantitative estimate of drug-likeness (QED) is 0.174. The molecule has 0 bridgehead atoms. The van der Waals surface area contributed by atoms with E-state index in [1.807, 2.05) is 85.8 Å². The first-order chi connectivity index (χ1) is 16.6. The second-order valence-corrected chi connectivity index (χ2v) is 7.61. The number of nitrogens with one attached hydrogen (secondary N) is 1. The molecule has 1 unspecified atom stereocenters. The molecule has 3 aromatic rings. The van der Waals surface area contributed by atoms with Crippen LogP contribution in [0.15, 0.2) is 88.8 Å². The maximum absolute atomic E-state index is 6.16. The lowest BCUT2D eigenvalue weighted by Gasteiger charge is -2.19. The van der Waals surface area contributed by atoms with Crippen molar-refractivity contribution in [1.82, 2.24) is 5.01 Å². The molecule has 0 amide bonds. The van der Waals surface area contributed by atoms with Crippen LogP contribution in [0, 0.1) is 0 Å². The van der Waals surface area contributed by atoms with Gasteiger partial charge < -0.3 is 20.5 Å². The summed E-state index contributed by atoms with van der Waals surface area (Å²) in [6.07, 6.45) is 1.27. The normalized spacial score (nSPS) is 12.4. The van der Waals surface area contributed by atoms with Crippen LogP contribution in [0.1, 0.15) is 18.1 Å². The summed E-state index contributed by atoms with van der Waals surface area (Å²) in [4.78, 5) is 8.77. The number of anilines is 1. The Labute approximate surface area is 200 Å². The van der Waals surface area contributed by atoms with Gasteiger partial charge in [0, 0.05) is 11.8 Å². The molecule has 0 aliphatic carbocycles. The lowest BCUT2D eigenvalue weighted by atomic mass is 10.2. The van der Waals surface area contributed by atoms with E-state index in [0.29, 0.717) is 19.0 Å². The molecule has 8 heteroatoms. The molecule has 0 heterocycles. The summed E-state index contributed by atoms with van der Waals surface area (Å²) in [7, 11) is 1.63. The van der Waals surface area contributed by atoms with E-state index in [1.165, 1.54) is 11.3 Å². The van der Waals surface area contributed by atoms with Crippen LogP contribution in [0.4, 0.5) is 5.69 Å². The lowest BCUT2D eigenvalue weighted by Crippen LogP contribution is -2.41. The second kappa shape index (κ2) is 13.0. The first kappa shape index (κ1) is 24.8. The van der Waals surface area contributed by atoms with Crippen LogP contribution >= 0.6 is 0 Å². The molecular formula is C26H32N6O2. The highest BCUT2D eigenvalue weighted by Crippen LogP contribution is 2.19. The largest absolute Gasteiger partial charge is 0.497 e. The first-order valence-electron chi connectivity index (χ1n) is 11.0. The molecule has 178 valence electrons. The van der Waals surface area contributed by atoms with E-state index >= 15 is 0 Å². The van der Waals surface area contributed by atoms with Gasteiger partial charge in [0.2, 0.25) is 0 Å². The molecule has 1 atom stereocenters. The number of hydrogen-bond donors (Lipinski definition) is 3. The first-order valence-corrected chi connectivity index (χ1v) is 11.0. The summed E-state index contributed by atoms with van der Waals surface area (Å²) in [5.74, 6) is 8.27. The Morgan fingerprint density at radius 2 is 1.76 bits per heavy atom. The van der Waals surface area contributed by atoms with E-state index in [9.17, 15) is 0 Å². The van der Waals surface area contributed by atoms with Crippen molar-refractivity contribution in [1.29, 1.82) is 0 Å². The van der Waals surface area contributed by atoms with Crippen molar-refractivity contribution in [2.45, 2.75) is 26.2 Å². The van der Waals surface area contributed by atoms with Gasteiger partial charge >= 0.3 is 0 Å². The van der Waals surface area contributed by atoms with Crippen LogP contribution in [0.3, 0.4) is 0 Å².